The van der Waals surface area contributed by atoms with Gasteiger partial charge in [-0.25, -0.2) is 4.39 Å². The van der Waals surface area contributed by atoms with Gasteiger partial charge in [0, 0.05) is 29.3 Å². The fourth-order valence-electron chi connectivity index (χ4n) is 1.42. The van der Waals surface area contributed by atoms with Crippen molar-refractivity contribution in [2.24, 2.45) is 0 Å². The lowest BCUT2D eigenvalue weighted by atomic mass is 10.2. The lowest BCUT2D eigenvalue weighted by Gasteiger charge is -2.05. The van der Waals surface area contributed by atoms with Crippen LogP contribution >= 0.6 is 15.9 Å². The number of hydrogen-bond acceptors (Lipinski definition) is 3. The van der Waals surface area contributed by atoms with Crippen LogP contribution in [0.4, 0.5) is 4.39 Å². The fraction of sp³-hybridized carbons (Fsp3) is 0.167. The maximum atomic E-state index is 13.5. The van der Waals surface area contributed by atoms with E-state index in [0.29, 0.717) is 18.7 Å². The van der Waals surface area contributed by atoms with Gasteiger partial charge in [-0.1, -0.05) is 22.0 Å². The Hall–Kier alpha value is -1.33. The molecule has 0 radical (unpaired) electrons. The molecule has 0 unspecified atom stereocenters. The van der Waals surface area contributed by atoms with E-state index in [2.05, 4.69) is 31.4 Å². The standard InChI is InChI=1S/C12H11BrFN3/c13-10-4-3-9(12(14)6-10)7-15-8-11-2-1-5-16-17-11/h1-6,15H,7-8H2. The molecule has 0 saturated carbocycles. The summed E-state index contributed by atoms with van der Waals surface area (Å²) in [4.78, 5) is 0. The van der Waals surface area contributed by atoms with Crippen LogP contribution in [0.1, 0.15) is 11.3 Å². The summed E-state index contributed by atoms with van der Waals surface area (Å²) in [6, 6.07) is 8.73. The van der Waals surface area contributed by atoms with Crippen LogP contribution in [0.5, 0.6) is 0 Å². The second kappa shape index (κ2) is 5.84. The number of rotatable bonds is 4. The van der Waals surface area contributed by atoms with E-state index in [9.17, 15) is 4.39 Å². The number of halogens is 2. The molecular formula is C12H11BrFN3. The summed E-state index contributed by atoms with van der Waals surface area (Å²) >= 11 is 3.22. The van der Waals surface area contributed by atoms with E-state index >= 15 is 0 Å². The third-order valence-corrected chi connectivity index (χ3v) is 2.76. The summed E-state index contributed by atoms with van der Waals surface area (Å²) in [5, 5.41) is 10.8. The van der Waals surface area contributed by atoms with Gasteiger partial charge >= 0.3 is 0 Å². The molecule has 17 heavy (non-hydrogen) atoms. The predicted octanol–water partition coefficient (Wildman–Crippen LogP) is 2.67. The van der Waals surface area contributed by atoms with Gasteiger partial charge in [-0.15, -0.1) is 0 Å². The zero-order chi connectivity index (χ0) is 12.1. The zero-order valence-electron chi connectivity index (χ0n) is 9.03. The summed E-state index contributed by atoms with van der Waals surface area (Å²) in [5.41, 5.74) is 1.47. The van der Waals surface area contributed by atoms with Gasteiger partial charge in [0.05, 0.1) is 5.69 Å². The number of nitrogens with zero attached hydrogens (tertiary/aromatic N) is 2. The smallest absolute Gasteiger partial charge is 0.128 e. The van der Waals surface area contributed by atoms with E-state index in [-0.39, 0.29) is 5.82 Å². The minimum Gasteiger partial charge on any atom is -0.307 e. The van der Waals surface area contributed by atoms with Crippen LogP contribution in [0.2, 0.25) is 0 Å². The topological polar surface area (TPSA) is 37.8 Å². The van der Waals surface area contributed by atoms with Crippen LogP contribution < -0.4 is 5.32 Å². The number of benzene rings is 1. The first-order chi connectivity index (χ1) is 8.25. The van der Waals surface area contributed by atoms with E-state index < -0.39 is 0 Å². The minimum atomic E-state index is -0.217. The lowest BCUT2D eigenvalue weighted by Crippen LogP contribution is -2.14. The first kappa shape index (κ1) is 12.1. The van der Waals surface area contributed by atoms with Crippen LogP contribution in [0.25, 0.3) is 0 Å². The first-order valence-electron chi connectivity index (χ1n) is 5.17. The van der Waals surface area contributed by atoms with E-state index in [0.717, 1.165) is 10.2 Å². The van der Waals surface area contributed by atoms with Crippen molar-refractivity contribution in [2.45, 2.75) is 13.1 Å². The molecule has 1 N–H and O–H groups in total. The Morgan fingerprint density at radius 2 is 2.12 bits per heavy atom. The molecule has 2 rings (SSSR count). The van der Waals surface area contributed by atoms with Crippen molar-refractivity contribution in [3.63, 3.8) is 0 Å². The molecule has 3 nitrogen and oxygen atoms in total. The molecule has 0 amide bonds. The molecule has 88 valence electrons. The molecule has 0 fully saturated rings. The van der Waals surface area contributed by atoms with Gasteiger partial charge < -0.3 is 5.32 Å². The van der Waals surface area contributed by atoms with Gasteiger partial charge in [-0.05, 0) is 24.3 Å². The summed E-state index contributed by atoms with van der Waals surface area (Å²) < 4.78 is 14.2. The van der Waals surface area contributed by atoms with Crippen molar-refractivity contribution >= 4 is 15.9 Å². The Morgan fingerprint density at radius 3 is 2.82 bits per heavy atom. The average Bonchev–Trinajstić information content (AvgIpc) is 2.33. The molecule has 2 aromatic rings. The third kappa shape index (κ3) is 3.57. The lowest BCUT2D eigenvalue weighted by molar-refractivity contribution is 0.584. The predicted molar refractivity (Wildman–Crippen MR) is 66.7 cm³/mol. The molecule has 1 aromatic carbocycles. The molecule has 0 aliphatic heterocycles. The summed E-state index contributed by atoms with van der Waals surface area (Å²) in [5.74, 6) is -0.217. The monoisotopic (exact) mass is 295 g/mol. The molecule has 0 saturated heterocycles. The largest absolute Gasteiger partial charge is 0.307 e. The summed E-state index contributed by atoms with van der Waals surface area (Å²) in [6.07, 6.45) is 1.62. The van der Waals surface area contributed by atoms with Gasteiger partial charge in [0.15, 0.2) is 0 Å². The van der Waals surface area contributed by atoms with Gasteiger partial charge in [0.2, 0.25) is 0 Å². The third-order valence-electron chi connectivity index (χ3n) is 2.26. The van der Waals surface area contributed by atoms with Crippen LogP contribution in [0.15, 0.2) is 41.0 Å². The quantitative estimate of drug-likeness (QED) is 0.942. The van der Waals surface area contributed by atoms with Gasteiger partial charge in [0.25, 0.3) is 0 Å². The Balaban J connectivity index is 1.90. The summed E-state index contributed by atoms with van der Waals surface area (Å²) in [7, 11) is 0. The second-order valence-corrected chi connectivity index (χ2v) is 4.47. The highest BCUT2D eigenvalue weighted by Gasteiger charge is 2.02. The first-order valence-corrected chi connectivity index (χ1v) is 5.96. The molecule has 0 aliphatic rings. The van der Waals surface area contributed by atoms with Crippen molar-refractivity contribution in [3.8, 4) is 0 Å². The maximum absolute atomic E-state index is 13.5. The maximum Gasteiger partial charge on any atom is 0.128 e. The molecule has 1 aromatic heterocycles. The molecule has 0 spiro atoms. The van der Waals surface area contributed by atoms with Crippen molar-refractivity contribution in [2.75, 3.05) is 0 Å². The van der Waals surface area contributed by atoms with Crippen molar-refractivity contribution in [3.05, 3.63) is 58.1 Å². The molecular weight excluding hydrogens is 285 g/mol. The SMILES string of the molecule is Fc1cc(Br)ccc1CNCc1cccnn1. The van der Waals surface area contributed by atoms with Gasteiger partial charge in [-0.3, -0.25) is 0 Å². The van der Waals surface area contributed by atoms with Crippen LogP contribution in [-0.4, -0.2) is 10.2 Å². The number of hydrogen-bond donors (Lipinski definition) is 1. The highest BCUT2D eigenvalue weighted by molar-refractivity contribution is 9.10. The van der Waals surface area contributed by atoms with E-state index in [1.165, 1.54) is 6.07 Å². The van der Waals surface area contributed by atoms with Crippen LogP contribution in [0, 0.1) is 5.82 Å². The Morgan fingerprint density at radius 1 is 1.24 bits per heavy atom. The van der Waals surface area contributed by atoms with Gasteiger partial charge in [-0.2, -0.15) is 10.2 Å². The van der Waals surface area contributed by atoms with Crippen molar-refractivity contribution < 1.29 is 4.39 Å². The van der Waals surface area contributed by atoms with E-state index in [4.69, 9.17) is 0 Å². The molecule has 0 bridgehead atoms. The molecule has 0 atom stereocenters. The number of nitrogens with one attached hydrogen (secondary N) is 1. The van der Waals surface area contributed by atoms with E-state index in [1.807, 2.05) is 18.2 Å². The summed E-state index contributed by atoms with van der Waals surface area (Å²) in [6.45, 7) is 1.04. The Kier molecular flexibility index (Phi) is 4.17. The highest BCUT2D eigenvalue weighted by Crippen LogP contribution is 2.15. The fourth-order valence-corrected chi connectivity index (χ4v) is 1.75. The van der Waals surface area contributed by atoms with E-state index in [1.54, 1.807) is 12.3 Å². The highest BCUT2D eigenvalue weighted by atomic mass is 79.9. The average molecular weight is 296 g/mol. The normalized spacial score (nSPS) is 10.5. The van der Waals surface area contributed by atoms with Gasteiger partial charge in [0.1, 0.15) is 5.82 Å². The Labute approximate surface area is 107 Å². The Bertz CT molecular complexity index is 490. The number of aromatic nitrogens is 2. The van der Waals surface area contributed by atoms with Crippen LogP contribution in [0.3, 0.4) is 0 Å². The molecule has 0 aliphatic carbocycles. The van der Waals surface area contributed by atoms with Crippen molar-refractivity contribution in [1.29, 1.82) is 0 Å². The zero-order valence-corrected chi connectivity index (χ0v) is 10.6. The minimum absolute atomic E-state index is 0.217. The molecule has 5 heteroatoms. The molecule has 1 heterocycles. The second-order valence-electron chi connectivity index (χ2n) is 3.55. The van der Waals surface area contributed by atoms with Crippen molar-refractivity contribution in [1.82, 2.24) is 15.5 Å². The van der Waals surface area contributed by atoms with Crippen LogP contribution in [-0.2, 0) is 13.1 Å².